The highest BCUT2D eigenvalue weighted by molar-refractivity contribution is 6.99. The molecule has 2 aliphatic rings. The molecule has 9 aromatic carbocycles. The number of hydrogen-bond donors (Lipinski definition) is 0. The lowest BCUT2D eigenvalue weighted by molar-refractivity contribution is 0.483. The third-order valence-corrected chi connectivity index (χ3v) is 14.0. The van der Waals surface area contributed by atoms with Gasteiger partial charge in [-0.2, -0.15) is 0 Å². The summed E-state index contributed by atoms with van der Waals surface area (Å²) in [4.78, 5) is 0. The Bertz CT molecular complexity index is 3830. The highest BCUT2D eigenvalue weighted by atomic mass is 16.5. The molecule has 296 valence electrons. The maximum absolute atomic E-state index is 7.10. The molecule has 0 amide bonds. The SMILES string of the molecule is CC(C)(C)c1cc2c3c(c1)-n1c4ccc(-n5c6ccccc6c6ccccc65)cc4c4cc(-n5c6ccccc6c6ccccc65)cc(c41)B3c1cc(-c3ccccc3)ccc1O2. The van der Waals surface area contributed by atoms with Gasteiger partial charge in [0.1, 0.15) is 11.5 Å². The van der Waals surface area contributed by atoms with Crippen LogP contribution in [0, 0.1) is 0 Å². The van der Waals surface area contributed by atoms with E-state index >= 15 is 0 Å². The number of benzene rings is 9. The Morgan fingerprint density at radius 2 is 0.952 bits per heavy atom. The van der Waals surface area contributed by atoms with E-state index in [4.69, 9.17) is 4.74 Å². The fourth-order valence-corrected chi connectivity index (χ4v) is 11.2. The monoisotopic (exact) mass is 805 g/mol. The molecule has 3 aromatic heterocycles. The van der Waals surface area contributed by atoms with E-state index in [1.807, 2.05) is 0 Å². The van der Waals surface area contributed by atoms with Crippen molar-refractivity contribution in [2.24, 2.45) is 0 Å². The number of ether oxygens (including phenoxy) is 1. The van der Waals surface area contributed by atoms with Gasteiger partial charge in [0.05, 0.1) is 27.6 Å². The van der Waals surface area contributed by atoms with Crippen LogP contribution in [-0.2, 0) is 5.41 Å². The summed E-state index contributed by atoms with van der Waals surface area (Å²) in [7, 11) is 0. The molecular formula is C58H40BN3O. The number of fused-ring (bicyclic) bond motifs is 13. The Morgan fingerprint density at radius 3 is 1.57 bits per heavy atom. The van der Waals surface area contributed by atoms with Gasteiger partial charge in [0.2, 0.25) is 0 Å². The van der Waals surface area contributed by atoms with Crippen molar-refractivity contribution in [3.05, 3.63) is 194 Å². The minimum Gasteiger partial charge on any atom is -0.458 e. The zero-order valence-electron chi connectivity index (χ0n) is 35.2. The molecular weight excluding hydrogens is 765 g/mol. The lowest BCUT2D eigenvalue weighted by Gasteiger charge is -2.35. The smallest absolute Gasteiger partial charge is 0.256 e. The summed E-state index contributed by atoms with van der Waals surface area (Å²) >= 11 is 0. The average molecular weight is 806 g/mol. The molecule has 4 nitrogen and oxygen atoms in total. The lowest BCUT2D eigenvalue weighted by atomic mass is 9.34. The van der Waals surface area contributed by atoms with Gasteiger partial charge in [-0.15, -0.1) is 0 Å². The normalized spacial score (nSPS) is 13.1. The van der Waals surface area contributed by atoms with Crippen molar-refractivity contribution in [3.8, 4) is 39.7 Å². The van der Waals surface area contributed by atoms with Gasteiger partial charge < -0.3 is 18.4 Å². The number of rotatable bonds is 3. The summed E-state index contributed by atoms with van der Waals surface area (Å²) in [6, 6.07) is 69.7. The number of aromatic nitrogens is 3. The molecule has 0 atom stereocenters. The summed E-state index contributed by atoms with van der Waals surface area (Å²) in [6.07, 6.45) is 0. The van der Waals surface area contributed by atoms with Gasteiger partial charge in [0.25, 0.3) is 6.71 Å². The fraction of sp³-hybridized carbons (Fsp3) is 0.0690. The predicted octanol–water partition coefficient (Wildman–Crippen LogP) is 12.9. The van der Waals surface area contributed by atoms with E-state index in [2.05, 4.69) is 223 Å². The molecule has 12 aromatic rings. The van der Waals surface area contributed by atoms with Crippen LogP contribution in [0.1, 0.15) is 26.3 Å². The molecule has 0 N–H and O–H groups in total. The van der Waals surface area contributed by atoms with E-state index in [1.54, 1.807) is 0 Å². The molecule has 0 unspecified atom stereocenters. The average Bonchev–Trinajstić information content (AvgIpc) is 3.96. The zero-order valence-corrected chi connectivity index (χ0v) is 35.2. The molecule has 0 aliphatic carbocycles. The van der Waals surface area contributed by atoms with Crippen LogP contribution in [0.4, 0.5) is 0 Å². The second-order valence-electron chi connectivity index (χ2n) is 18.5. The van der Waals surface area contributed by atoms with Crippen LogP contribution in [0.3, 0.4) is 0 Å². The molecule has 0 radical (unpaired) electrons. The first-order valence-electron chi connectivity index (χ1n) is 22.0. The van der Waals surface area contributed by atoms with Crippen LogP contribution in [0.5, 0.6) is 11.5 Å². The second-order valence-corrected chi connectivity index (χ2v) is 18.5. The Labute approximate surface area is 364 Å². The van der Waals surface area contributed by atoms with Crippen molar-refractivity contribution in [2.75, 3.05) is 0 Å². The first-order chi connectivity index (χ1) is 30.9. The molecule has 0 fully saturated rings. The highest BCUT2D eigenvalue weighted by Gasteiger charge is 2.42. The Hall–Kier alpha value is -7.76. The molecule has 0 spiro atoms. The van der Waals surface area contributed by atoms with Crippen molar-refractivity contribution in [1.82, 2.24) is 13.7 Å². The minimum absolute atomic E-state index is 0.0689. The topological polar surface area (TPSA) is 24.0 Å². The van der Waals surface area contributed by atoms with Crippen LogP contribution < -0.4 is 21.1 Å². The maximum Gasteiger partial charge on any atom is 0.256 e. The largest absolute Gasteiger partial charge is 0.458 e. The first-order valence-corrected chi connectivity index (χ1v) is 22.0. The van der Waals surface area contributed by atoms with Crippen LogP contribution in [0.15, 0.2) is 188 Å². The summed E-state index contributed by atoms with van der Waals surface area (Å²) in [5, 5.41) is 7.49. The van der Waals surface area contributed by atoms with Gasteiger partial charge in [-0.25, -0.2) is 0 Å². The van der Waals surface area contributed by atoms with Gasteiger partial charge >= 0.3 is 0 Å². The summed E-state index contributed by atoms with van der Waals surface area (Å²) < 4.78 is 14.6. The predicted molar refractivity (Wildman–Crippen MR) is 265 cm³/mol. The summed E-state index contributed by atoms with van der Waals surface area (Å²) in [5.74, 6) is 1.85. The van der Waals surface area contributed by atoms with Crippen molar-refractivity contribution >= 4 is 88.5 Å². The summed E-state index contributed by atoms with van der Waals surface area (Å²) in [6.45, 7) is 6.84. The molecule has 2 aliphatic heterocycles. The quantitative estimate of drug-likeness (QED) is 0.163. The summed E-state index contributed by atoms with van der Waals surface area (Å²) in [5.41, 5.74) is 18.0. The van der Waals surface area contributed by atoms with E-state index < -0.39 is 0 Å². The van der Waals surface area contributed by atoms with Gasteiger partial charge in [0.15, 0.2) is 0 Å². The third kappa shape index (κ3) is 4.77. The van der Waals surface area contributed by atoms with E-state index in [0.29, 0.717) is 0 Å². The fourth-order valence-electron chi connectivity index (χ4n) is 11.2. The molecule has 63 heavy (non-hydrogen) atoms. The van der Waals surface area contributed by atoms with Crippen LogP contribution in [0.25, 0.3) is 93.6 Å². The standard InChI is InChI=1S/C58H40BN3O/c1-58(2,3)37-30-53-56-55(31-37)63-54-28-25-36(35-15-5-4-6-16-35)29-46(54)59(56)47-34-39(61-50-23-13-9-19-42(50)43-20-10-14-24-51(43)61)33-45-44-32-38(26-27-52(44)62(53)57(45)47)60-48-21-11-7-17-40(48)41-18-8-12-22-49(41)60/h4-34H,1-3H3. The van der Waals surface area contributed by atoms with Crippen LogP contribution in [0.2, 0.25) is 0 Å². The van der Waals surface area contributed by atoms with E-state index in [-0.39, 0.29) is 12.1 Å². The molecule has 0 bridgehead atoms. The third-order valence-electron chi connectivity index (χ3n) is 14.0. The van der Waals surface area contributed by atoms with Crippen molar-refractivity contribution in [1.29, 1.82) is 0 Å². The highest BCUT2D eigenvalue weighted by Crippen LogP contribution is 2.43. The van der Waals surface area contributed by atoms with Crippen LogP contribution in [-0.4, -0.2) is 20.4 Å². The van der Waals surface area contributed by atoms with E-state index in [0.717, 1.165) is 22.9 Å². The minimum atomic E-state index is -0.103. The molecule has 0 saturated heterocycles. The zero-order chi connectivity index (χ0) is 41.7. The van der Waals surface area contributed by atoms with Gasteiger partial charge in [-0.05, 0) is 111 Å². The number of para-hydroxylation sites is 4. The Morgan fingerprint density at radius 1 is 0.397 bits per heavy atom. The molecule has 0 saturated carbocycles. The Balaban J connectivity index is 1.15. The van der Waals surface area contributed by atoms with Crippen molar-refractivity contribution in [3.63, 3.8) is 0 Å². The first kappa shape index (κ1) is 34.9. The molecule has 14 rings (SSSR count). The number of nitrogens with zero attached hydrogens (tertiary/aromatic N) is 3. The Kier molecular flexibility index (Phi) is 6.88. The maximum atomic E-state index is 7.10. The van der Waals surface area contributed by atoms with E-state index in [9.17, 15) is 0 Å². The lowest BCUT2D eigenvalue weighted by Crippen LogP contribution is -2.58. The van der Waals surface area contributed by atoms with Gasteiger partial charge in [-0.3, -0.25) is 0 Å². The molecule has 5 heteroatoms. The van der Waals surface area contributed by atoms with Gasteiger partial charge in [-0.1, -0.05) is 136 Å². The van der Waals surface area contributed by atoms with Crippen molar-refractivity contribution in [2.45, 2.75) is 26.2 Å². The van der Waals surface area contributed by atoms with Crippen LogP contribution >= 0.6 is 0 Å². The van der Waals surface area contributed by atoms with E-state index in [1.165, 1.54) is 104 Å². The molecule has 5 heterocycles. The second kappa shape index (κ2) is 12.4. The number of hydrogen-bond acceptors (Lipinski definition) is 1. The van der Waals surface area contributed by atoms with Crippen molar-refractivity contribution < 1.29 is 4.74 Å². The van der Waals surface area contributed by atoms with Gasteiger partial charge in [0, 0.05) is 54.9 Å².